The van der Waals surface area contributed by atoms with Crippen molar-refractivity contribution >= 4 is 5.97 Å². The van der Waals surface area contributed by atoms with Gasteiger partial charge in [0.1, 0.15) is 0 Å². The smallest absolute Gasteiger partial charge is 0.326 e. The van der Waals surface area contributed by atoms with Crippen LogP contribution in [0.5, 0.6) is 0 Å². The van der Waals surface area contributed by atoms with Gasteiger partial charge in [-0.3, -0.25) is 4.79 Å². The molecule has 11 heavy (non-hydrogen) atoms. The number of rotatable bonds is 1. The molecule has 60 valence electrons. The molecule has 2 atom stereocenters. The number of nitrogens with zero attached hydrogens (tertiary/aromatic N) is 1. The summed E-state index contributed by atoms with van der Waals surface area (Å²) < 4.78 is 4.56. The van der Waals surface area contributed by atoms with Gasteiger partial charge in [0.25, 0.3) is 0 Å². The highest BCUT2D eigenvalue weighted by Gasteiger charge is 2.52. The Morgan fingerprint density at radius 3 is 2.55 bits per heavy atom. The molecule has 1 rings (SSSR count). The summed E-state index contributed by atoms with van der Waals surface area (Å²) in [5.41, 5.74) is -0.825. The van der Waals surface area contributed by atoms with E-state index in [1.165, 1.54) is 7.11 Å². The molecule has 0 unspecified atom stereocenters. The number of ether oxygens (including phenoxy) is 1. The quantitative estimate of drug-likeness (QED) is 0.530. The molecule has 0 bridgehead atoms. The van der Waals surface area contributed by atoms with Crippen LogP contribution in [0.25, 0.3) is 0 Å². The van der Waals surface area contributed by atoms with Crippen LogP contribution in [0.4, 0.5) is 0 Å². The fourth-order valence-electron chi connectivity index (χ4n) is 1.42. The average Bonchev–Trinajstić information content (AvgIpc) is 2.03. The van der Waals surface area contributed by atoms with Crippen LogP contribution in [0.1, 0.15) is 19.8 Å². The lowest BCUT2D eigenvalue weighted by Gasteiger charge is -2.39. The van der Waals surface area contributed by atoms with Crippen molar-refractivity contribution in [3.63, 3.8) is 0 Å². The van der Waals surface area contributed by atoms with Gasteiger partial charge >= 0.3 is 5.97 Å². The van der Waals surface area contributed by atoms with Gasteiger partial charge in [0.2, 0.25) is 0 Å². The van der Waals surface area contributed by atoms with Gasteiger partial charge < -0.3 is 4.74 Å². The highest BCUT2D eigenvalue weighted by Crippen LogP contribution is 2.46. The summed E-state index contributed by atoms with van der Waals surface area (Å²) in [6.45, 7) is 1.91. The zero-order valence-electron chi connectivity index (χ0n) is 6.76. The molecule has 0 N–H and O–H groups in total. The number of carbonyl (C=O) groups excluding carboxylic acids is 1. The molecule has 3 nitrogen and oxygen atoms in total. The van der Waals surface area contributed by atoms with Crippen molar-refractivity contribution in [1.29, 1.82) is 5.26 Å². The minimum Gasteiger partial charge on any atom is -0.468 e. The maximum atomic E-state index is 11.1. The standard InChI is InChI=1S/C8H11NO2/c1-6-3-4-8(6,5-9)7(10)11-2/h6H,3-4H2,1-2H3/t6-,8+/m1/s1. The first kappa shape index (κ1) is 8.06. The number of hydrogen-bond donors (Lipinski definition) is 0. The van der Waals surface area contributed by atoms with Crippen molar-refractivity contribution in [2.45, 2.75) is 19.8 Å². The molecule has 0 heterocycles. The lowest BCUT2D eigenvalue weighted by molar-refractivity contribution is -0.157. The fourth-order valence-corrected chi connectivity index (χ4v) is 1.42. The van der Waals surface area contributed by atoms with E-state index in [4.69, 9.17) is 5.26 Å². The SMILES string of the molecule is COC(=O)[C@]1(C#N)CC[C@H]1C. The molecule has 1 aliphatic rings. The Hall–Kier alpha value is -1.04. The molecule has 1 aliphatic carbocycles. The summed E-state index contributed by atoms with van der Waals surface area (Å²) in [5.74, 6) is -0.223. The monoisotopic (exact) mass is 153 g/mol. The van der Waals surface area contributed by atoms with Gasteiger partial charge in [-0.15, -0.1) is 0 Å². The van der Waals surface area contributed by atoms with Crippen molar-refractivity contribution in [2.24, 2.45) is 11.3 Å². The van der Waals surface area contributed by atoms with Gasteiger partial charge in [0.15, 0.2) is 5.41 Å². The normalized spacial score (nSPS) is 35.2. The van der Waals surface area contributed by atoms with E-state index in [-0.39, 0.29) is 11.9 Å². The second kappa shape index (κ2) is 2.54. The van der Waals surface area contributed by atoms with E-state index in [1.54, 1.807) is 0 Å². The summed E-state index contributed by atoms with van der Waals surface area (Å²) >= 11 is 0. The molecule has 0 spiro atoms. The van der Waals surface area contributed by atoms with Crippen LogP contribution >= 0.6 is 0 Å². The second-order valence-electron chi connectivity index (χ2n) is 3.01. The lowest BCUT2D eigenvalue weighted by atomic mass is 9.62. The molecule has 0 aromatic carbocycles. The Kier molecular flexibility index (Phi) is 1.86. The van der Waals surface area contributed by atoms with E-state index >= 15 is 0 Å². The number of carbonyl (C=O) groups is 1. The van der Waals surface area contributed by atoms with Crippen molar-refractivity contribution in [3.05, 3.63) is 0 Å². The zero-order valence-corrected chi connectivity index (χ0v) is 6.76. The lowest BCUT2D eigenvalue weighted by Crippen LogP contribution is -2.44. The predicted molar refractivity (Wildman–Crippen MR) is 38.5 cm³/mol. The zero-order chi connectivity index (χ0) is 8.48. The molecule has 1 saturated carbocycles. The first-order chi connectivity index (χ1) is 5.17. The van der Waals surface area contributed by atoms with E-state index in [9.17, 15) is 4.79 Å². The van der Waals surface area contributed by atoms with Crippen LogP contribution in [0.2, 0.25) is 0 Å². The summed E-state index contributed by atoms with van der Waals surface area (Å²) in [6.07, 6.45) is 1.60. The molecule has 0 amide bonds. The topological polar surface area (TPSA) is 50.1 Å². The van der Waals surface area contributed by atoms with Gasteiger partial charge in [-0.25, -0.2) is 0 Å². The molecule has 1 fully saturated rings. The summed E-state index contributed by atoms with van der Waals surface area (Å²) in [6, 6.07) is 2.04. The molecule has 0 aromatic rings. The van der Waals surface area contributed by atoms with Crippen LogP contribution in [0.15, 0.2) is 0 Å². The Morgan fingerprint density at radius 1 is 1.82 bits per heavy atom. The van der Waals surface area contributed by atoms with Crippen LogP contribution in [-0.4, -0.2) is 13.1 Å². The van der Waals surface area contributed by atoms with Crippen LogP contribution in [0.3, 0.4) is 0 Å². The Morgan fingerprint density at radius 2 is 2.45 bits per heavy atom. The minimum atomic E-state index is -0.825. The number of nitriles is 1. The third kappa shape index (κ3) is 0.900. The van der Waals surface area contributed by atoms with E-state index in [1.807, 2.05) is 13.0 Å². The van der Waals surface area contributed by atoms with Crippen LogP contribution < -0.4 is 0 Å². The second-order valence-corrected chi connectivity index (χ2v) is 3.01. The largest absolute Gasteiger partial charge is 0.468 e. The molecular weight excluding hydrogens is 142 g/mol. The van der Waals surface area contributed by atoms with E-state index < -0.39 is 5.41 Å². The van der Waals surface area contributed by atoms with E-state index in [0.717, 1.165) is 6.42 Å². The number of hydrogen-bond acceptors (Lipinski definition) is 3. The number of esters is 1. The summed E-state index contributed by atoms with van der Waals surface area (Å²) in [7, 11) is 1.33. The van der Waals surface area contributed by atoms with Gasteiger partial charge in [-0.05, 0) is 18.8 Å². The summed E-state index contributed by atoms with van der Waals surface area (Å²) in [5, 5.41) is 8.76. The Bertz CT molecular complexity index is 219. The fraction of sp³-hybridized carbons (Fsp3) is 0.750. The van der Waals surface area contributed by atoms with Gasteiger partial charge in [-0.2, -0.15) is 5.26 Å². The van der Waals surface area contributed by atoms with Crippen LogP contribution in [-0.2, 0) is 9.53 Å². The summed E-state index contributed by atoms with van der Waals surface area (Å²) in [4.78, 5) is 11.1. The minimum absolute atomic E-state index is 0.153. The molecular formula is C8H11NO2. The van der Waals surface area contributed by atoms with Gasteiger partial charge in [0.05, 0.1) is 13.2 Å². The van der Waals surface area contributed by atoms with Gasteiger partial charge in [0, 0.05) is 0 Å². The highest BCUT2D eigenvalue weighted by molar-refractivity contribution is 5.81. The maximum absolute atomic E-state index is 11.1. The van der Waals surface area contributed by atoms with Crippen LogP contribution in [0, 0.1) is 22.7 Å². The Balaban J connectivity index is 2.79. The molecule has 0 radical (unpaired) electrons. The Labute approximate surface area is 66.0 Å². The first-order valence-electron chi connectivity index (χ1n) is 3.67. The predicted octanol–water partition coefficient (Wildman–Crippen LogP) is 1.10. The van der Waals surface area contributed by atoms with Crippen molar-refractivity contribution in [1.82, 2.24) is 0 Å². The maximum Gasteiger partial charge on any atom is 0.326 e. The van der Waals surface area contributed by atoms with Gasteiger partial charge in [-0.1, -0.05) is 6.92 Å². The molecule has 0 aromatic heterocycles. The van der Waals surface area contributed by atoms with Crippen molar-refractivity contribution in [3.8, 4) is 6.07 Å². The third-order valence-electron chi connectivity index (χ3n) is 2.56. The van der Waals surface area contributed by atoms with Crippen molar-refractivity contribution in [2.75, 3.05) is 7.11 Å². The molecule has 0 saturated heterocycles. The van der Waals surface area contributed by atoms with E-state index in [2.05, 4.69) is 4.74 Å². The first-order valence-corrected chi connectivity index (χ1v) is 3.67. The van der Waals surface area contributed by atoms with Crippen molar-refractivity contribution < 1.29 is 9.53 Å². The van der Waals surface area contributed by atoms with E-state index in [0.29, 0.717) is 6.42 Å². The molecule has 0 aliphatic heterocycles. The third-order valence-corrected chi connectivity index (χ3v) is 2.56. The average molecular weight is 153 g/mol. The molecule has 3 heteroatoms. The number of methoxy groups -OCH3 is 1. The highest BCUT2D eigenvalue weighted by atomic mass is 16.5.